The lowest BCUT2D eigenvalue weighted by Crippen LogP contribution is -2.67. The van der Waals surface area contributed by atoms with Gasteiger partial charge in [-0.05, 0) is 50.8 Å². The minimum atomic E-state index is -0.822. The Balaban J connectivity index is 2.39. The number of hydrogen-bond acceptors (Lipinski definition) is 2. The van der Waals surface area contributed by atoms with Gasteiger partial charge in [0.25, 0.3) is 0 Å². The van der Waals surface area contributed by atoms with Crippen molar-refractivity contribution in [2.75, 3.05) is 0 Å². The third-order valence-electron chi connectivity index (χ3n) is 4.47. The molecular formula is C17H24N2O2. The summed E-state index contributed by atoms with van der Waals surface area (Å²) in [4.78, 5) is 26.7. The van der Waals surface area contributed by atoms with Gasteiger partial charge in [-0.2, -0.15) is 0 Å². The molecule has 2 amide bonds. The van der Waals surface area contributed by atoms with Gasteiger partial charge in [0.1, 0.15) is 11.6 Å². The van der Waals surface area contributed by atoms with Crippen LogP contribution in [0.15, 0.2) is 18.2 Å². The Hall–Kier alpha value is -1.84. The van der Waals surface area contributed by atoms with Crippen molar-refractivity contribution in [3.63, 3.8) is 0 Å². The van der Waals surface area contributed by atoms with Gasteiger partial charge in [-0.25, -0.2) is 0 Å². The smallest absolute Gasteiger partial charge is 0.246 e. The van der Waals surface area contributed by atoms with Crippen LogP contribution in [0.3, 0.4) is 0 Å². The number of carbonyl (C=O) groups is 2. The van der Waals surface area contributed by atoms with Crippen LogP contribution in [0.2, 0.25) is 0 Å². The van der Waals surface area contributed by atoms with Gasteiger partial charge in [0.05, 0.1) is 0 Å². The fourth-order valence-corrected chi connectivity index (χ4v) is 2.79. The number of rotatable bonds is 3. The fourth-order valence-electron chi connectivity index (χ4n) is 2.79. The number of aryl methyl sites for hydroxylation is 2. The molecule has 1 aliphatic heterocycles. The van der Waals surface area contributed by atoms with Crippen LogP contribution in [0.25, 0.3) is 0 Å². The largest absolute Gasteiger partial charge is 0.342 e. The molecule has 4 heteroatoms. The van der Waals surface area contributed by atoms with E-state index in [1.807, 2.05) is 39.0 Å². The normalized spacial score (nSPS) is 21.4. The number of nitrogens with zero attached hydrogens (tertiary/aromatic N) is 1. The standard InChI is InChI=1S/C17H24N2O2/c1-6-14-15(20)19(17(4,5)16(21)18-14)10-13-11(2)8-7-9-12(13)3/h7-9,14H,6,10H2,1-5H3,(H,18,21). The molecule has 114 valence electrons. The minimum Gasteiger partial charge on any atom is -0.342 e. The van der Waals surface area contributed by atoms with Crippen molar-refractivity contribution in [1.82, 2.24) is 10.2 Å². The Kier molecular flexibility index (Phi) is 4.08. The number of benzene rings is 1. The first-order valence-electron chi connectivity index (χ1n) is 7.46. The number of hydrogen-bond donors (Lipinski definition) is 1. The van der Waals surface area contributed by atoms with Crippen LogP contribution in [0.4, 0.5) is 0 Å². The number of piperazine rings is 1. The lowest BCUT2D eigenvalue weighted by molar-refractivity contribution is -0.156. The van der Waals surface area contributed by atoms with Crippen LogP contribution in [0.5, 0.6) is 0 Å². The first kappa shape index (κ1) is 15.5. The molecule has 1 aromatic rings. The zero-order chi connectivity index (χ0) is 15.8. The van der Waals surface area contributed by atoms with Crippen molar-refractivity contribution in [3.8, 4) is 0 Å². The van der Waals surface area contributed by atoms with Gasteiger partial charge in [0.15, 0.2) is 0 Å². The van der Waals surface area contributed by atoms with Crippen LogP contribution in [0, 0.1) is 13.8 Å². The number of carbonyl (C=O) groups excluding carboxylic acids is 2. The van der Waals surface area contributed by atoms with Gasteiger partial charge in [-0.3, -0.25) is 9.59 Å². The molecule has 1 saturated heterocycles. The highest BCUT2D eigenvalue weighted by Gasteiger charge is 2.45. The van der Waals surface area contributed by atoms with E-state index in [2.05, 4.69) is 5.32 Å². The number of nitrogens with one attached hydrogen (secondary N) is 1. The highest BCUT2D eigenvalue weighted by atomic mass is 16.2. The molecule has 4 nitrogen and oxygen atoms in total. The Morgan fingerprint density at radius 2 is 1.76 bits per heavy atom. The van der Waals surface area contributed by atoms with E-state index < -0.39 is 11.6 Å². The van der Waals surface area contributed by atoms with Gasteiger partial charge in [0.2, 0.25) is 11.8 Å². The molecule has 2 rings (SSSR count). The first-order valence-corrected chi connectivity index (χ1v) is 7.46. The summed E-state index contributed by atoms with van der Waals surface area (Å²) in [6, 6.07) is 5.69. The molecule has 1 aliphatic rings. The van der Waals surface area contributed by atoms with Crippen LogP contribution in [-0.4, -0.2) is 28.3 Å². The topological polar surface area (TPSA) is 49.4 Å². The van der Waals surface area contributed by atoms with Gasteiger partial charge >= 0.3 is 0 Å². The molecule has 0 radical (unpaired) electrons. The summed E-state index contributed by atoms with van der Waals surface area (Å²) < 4.78 is 0. The summed E-state index contributed by atoms with van der Waals surface area (Å²) in [7, 11) is 0. The molecular weight excluding hydrogens is 264 g/mol. The highest BCUT2D eigenvalue weighted by Crippen LogP contribution is 2.26. The van der Waals surface area contributed by atoms with E-state index in [9.17, 15) is 9.59 Å². The average Bonchev–Trinajstić information content (AvgIpc) is 2.42. The maximum Gasteiger partial charge on any atom is 0.246 e. The first-order chi connectivity index (χ1) is 9.78. The molecule has 0 aliphatic carbocycles. The molecule has 1 unspecified atom stereocenters. The van der Waals surface area contributed by atoms with Crippen LogP contribution >= 0.6 is 0 Å². The maximum absolute atomic E-state index is 12.7. The van der Waals surface area contributed by atoms with Crippen molar-refractivity contribution < 1.29 is 9.59 Å². The molecule has 1 aromatic carbocycles. The van der Waals surface area contributed by atoms with Crippen LogP contribution in [-0.2, 0) is 16.1 Å². The Morgan fingerprint density at radius 3 is 2.29 bits per heavy atom. The second-order valence-electron chi connectivity index (χ2n) is 6.29. The van der Waals surface area contributed by atoms with E-state index in [1.54, 1.807) is 18.7 Å². The van der Waals surface area contributed by atoms with E-state index in [1.165, 1.54) is 0 Å². The molecule has 0 bridgehead atoms. The predicted octanol–water partition coefficient (Wildman–Crippen LogP) is 2.32. The Morgan fingerprint density at radius 1 is 1.19 bits per heavy atom. The minimum absolute atomic E-state index is 0.00440. The molecule has 21 heavy (non-hydrogen) atoms. The molecule has 1 fully saturated rings. The zero-order valence-electron chi connectivity index (χ0n) is 13.5. The lowest BCUT2D eigenvalue weighted by atomic mass is 9.92. The van der Waals surface area contributed by atoms with Gasteiger partial charge in [-0.15, -0.1) is 0 Å². The van der Waals surface area contributed by atoms with Crippen molar-refractivity contribution in [3.05, 3.63) is 34.9 Å². The third-order valence-corrected chi connectivity index (χ3v) is 4.47. The third kappa shape index (κ3) is 2.67. The molecule has 0 aromatic heterocycles. The average molecular weight is 288 g/mol. The second-order valence-corrected chi connectivity index (χ2v) is 6.29. The van der Waals surface area contributed by atoms with E-state index in [4.69, 9.17) is 0 Å². The monoisotopic (exact) mass is 288 g/mol. The summed E-state index contributed by atoms with van der Waals surface area (Å²) in [6.45, 7) is 10.1. The van der Waals surface area contributed by atoms with Gasteiger partial charge < -0.3 is 10.2 Å². The lowest BCUT2D eigenvalue weighted by Gasteiger charge is -2.44. The van der Waals surface area contributed by atoms with Crippen molar-refractivity contribution in [1.29, 1.82) is 0 Å². The van der Waals surface area contributed by atoms with E-state index in [0.29, 0.717) is 13.0 Å². The molecule has 0 saturated carbocycles. The van der Waals surface area contributed by atoms with Crippen molar-refractivity contribution in [2.24, 2.45) is 0 Å². The maximum atomic E-state index is 12.7. The second kappa shape index (κ2) is 5.51. The van der Waals surface area contributed by atoms with Gasteiger partial charge in [-0.1, -0.05) is 25.1 Å². The summed E-state index contributed by atoms with van der Waals surface area (Å²) in [5.74, 6) is -0.0788. The summed E-state index contributed by atoms with van der Waals surface area (Å²) >= 11 is 0. The van der Waals surface area contributed by atoms with Gasteiger partial charge in [0, 0.05) is 6.54 Å². The molecule has 1 N–H and O–H groups in total. The quantitative estimate of drug-likeness (QED) is 0.928. The van der Waals surface area contributed by atoms with Crippen LogP contribution in [0.1, 0.15) is 43.9 Å². The van der Waals surface area contributed by atoms with E-state index >= 15 is 0 Å². The fraction of sp³-hybridized carbons (Fsp3) is 0.529. The SMILES string of the molecule is CCC1NC(=O)C(C)(C)N(Cc2c(C)cccc2C)C1=O. The summed E-state index contributed by atoms with van der Waals surface area (Å²) in [5.41, 5.74) is 2.61. The Bertz CT molecular complexity index is 558. The number of amides is 2. The molecule has 1 heterocycles. The Labute approximate surface area is 126 Å². The highest BCUT2D eigenvalue weighted by molar-refractivity contribution is 5.99. The van der Waals surface area contributed by atoms with E-state index in [-0.39, 0.29) is 11.8 Å². The summed E-state index contributed by atoms with van der Waals surface area (Å²) in [6.07, 6.45) is 0.615. The molecule has 0 spiro atoms. The van der Waals surface area contributed by atoms with Crippen molar-refractivity contribution in [2.45, 2.75) is 59.2 Å². The predicted molar refractivity (Wildman–Crippen MR) is 82.8 cm³/mol. The van der Waals surface area contributed by atoms with E-state index in [0.717, 1.165) is 16.7 Å². The van der Waals surface area contributed by atoms with Crippen LogP contribution < -0.4 is 5.32 Å². The summed E-state index contributed by atoms with van der Waals surface area (Å²) in [5, 5.41) is 2.82. The zero-order valence-corrected chi connectivity index (χ0v) is 13.5. The molecule has 1 atom stereocenters. The van der Waals surface area contributed by atoms with Crippen molar-refractivity contribution >= 4 is 11.8 Å².